The molecular weight excluding hydrogens is 408 g/mol. The summed E-state index contributed by atoms with van der Waals surface area (Å²) >= 11 is 7.07. The van der Waals surface area contributed by atoms with Gasteiger partial charge in [0.05, 0.1) is 16.7 Å². The van der Waals surface area contributed by atoms with Gasteiger partial charge in [0.1, 0.15) is 0 Å². The third-order valence-corrected chi connectivity index (χ3v) is 5.08. The molecule has 9 heteroatoms. The molecule has 0 atom stereocenters. The van der Waals surface area contributed by atoms with Crippen molar-refractivity contribution in [1.82, 2.24) is 9.55 Å². The summed E-state index contributed by atoms with van der Waals surface area (Å²) in [7, 11) is 0. The quantitative estimate of drug-likeness (QED) is 0.469. The zero-order valence-corrected chi connectivity index (χ0v) is 16.4. The van der Waals surface area contributed by atoms with E-state index in [1.54, 1.807) is 18.2 Å². The summed E-state index contributed by atoms with van der Waals surface area (Å²) in [5.74, 6) is -2.52. The number of amides is 1. The van der Waals surface area contributed by atoms with Crippen LogP contribution in [0.1, 0.15) is 13.3 Å². The molecule has 0 aliphatic carbocycles. The molecule has 1 aromatic heterocycles. The Morgan fingerprint density at radius 3 is 2.71 bits per heavy atom. The number of aromatic nitrogens is 2. The Hall–Kier alpha value is -2.45. The van der Waals surface area contributed by atoms with Crippen molar-refractivity contribution in [2.75, 3.05) is 11.1 Å². The number of carbonyl (C=O) groups excluding carboxylic acids is 1. The SMILES string of the molecule is CCCn1c(SCC(=O)Nc2ccc(F)c(F)c2)nc2cc(Cl)ccc2c1=O. The molecule has 0 radical (unpaired) electrons. The third kappa shape index (κ3) is 4.51. The zero-order valence-electron chi connectivity index (χ0n) is 14.8. The van der Waals surface area contributed by atoms with Crippen LogP contribution >= 0.6 is 23.4 Å². The number of benzene rings is 2. The average molecular weight is 424 g/mol. The van der Waals surface area contributed by atoms with Crippen LogP contribution in [-0.4, -0.2) is 21.2 Å². The maximum absolute atomic E-state index is 13.3. The van der Waals surface area contributed by atoms with E-state index in [9.17, 15) is 18.4 Å². The van der Waals surface area contributed by atoms with E-state index in [1.165, 1.54) is 10.6 Å². The molecule has 146 valence electrons. The molecule has 5 nitrogen and oxygen atoms in total. The number of nitrogens with zero attached hydrogens (tertiary/aromatic N) is 2. The molecule has 1 N–H and O–H groups in total. The van der Waals surface area contributed by atoms with Gasteiger partial charge in [0.15, 0.2) is 16.8 Å². The van der Waals surface area contributed by atoms with Gasteiger partial charge in [0.25, 0.3) is 5.56 Å². The first-order valence-electron chi connectivity index (χ1n) is 8.47. The molecule has 0 saturated heterocycles. The molecule has 0 bridgehead atoms. The molecule has 0 unspecified atom stereocenters. The van der Waals surface area contributed by atoms with Gasteiger partial charge >= 0.3 is 0 Å². The second-order valence-electron chi connectivity index (χ2n) is 5.98. The van der Waals surface area contributed by atoms with E-state index in [1.807, 2.05) is 6.92 Å². The van der Waals surface area contributed by atoms with Crippen LogP contribution < -0.4 is 10.9 Å². The van der Waals surface area contributed by atoms with Crippen LogP contribution in [0.3, 0.4) is 0 Å². The van der Waals surface area contributed by atoms with Gasteiger partial charge in [-0.1, -0.05) is 30.3 Å². The highest BCUT2D eigenvalue weighted by molar-refractivity contribution is 7.99. The monoisotopic (exact) mass is 423 g/mol. The van der Waals surface area contributed by atoms with Crippen LogP contribution in [0.5, 0.6) is 0 Å². The third-order valence-electron chi connectivity index (χ3n) is 3.87. The van der Waals surface area contributed by atoms with Crippen molar-refractivity contribution in [3.05, 3.63) is 63.4 Å². The highest BCUT2D eigenvalue weighted by atomic mass is 35.5. The minimum atomic E-state index is -1.05. The molecule has 0 aliphatic rings. The van der Waals surface area contributed by atoms with Crippen LogP contribution in [0, 0.1) is 11.6 Å². The summed E-state index contributed by atoms with van der Waals surface area (Å²) in [6, 6.07) is 7.96. The van der Waals surface area contributed by atoms with Gasteiger partial charge in [-0.3, -0.25) is 14.2 Å². The summed E-state index contributed by atoms with van der Waals surface area (Å²) in [5.41, 5.74) is 0.397. The van der Waals surface area contributed by atoms with Gasteiger partial charge in [0, 0.05) is 23.3 Å². The number of anilines is 1. The molecule has 28 heavy (non-hydrogen) atoms. The fraction of sp³-hybridized carbons (Fsp3) is 0.211. The first-order valence-corrected chi connectivity index (χ1v) is 9.83. The number of fused-ring (bicyclic) bond motifs is 1. The number of hydrogen-bond donors (Lipinski definition) is 1. The lowest BCUT2D eigenvalue weighted by Gasteiger charge is -2.12. The smallest absolute Gasteiger partial charge is 0.262 e. The van der Waals surface area contributed by atoms with E-state index in [-0.39, 0.29) is 17.0 Å². The van der Waals surface area contributed by atoms with Crippen LogP contribution in [-0.2, 0) is 11.3 Å². The minimum absolute atomic E-state index is 0.0543. The summed E-state index contributed by atoms with van der Waals surface area (Å²) in [6.07, 6.45) is 0.718. The van der Waals surface area contributed by atoms with Gasteiger partial charge < -0.3 is 5.32 Å². The number of carbonyl (C=O) groups is 1. The summed E-state index contributed by atoms with van der Waals surface area (Å²) in [4.78, 5) is 29.4. The average Bonchev–Trinajstić information content (AvgIpc) is 2.65. The molecule has 1 heterocycles. The first kappa shape index (κ1) is 20.3. The predicted molar refractivity (Wildman–Crippen MR) is 107 cm³/mol. The molecule has 0 aliphatic heterocycles. The number of rotatable bonds is 6. The Morgan fingerprint density at radius 1 is 1.21 bits per heavy atom. The topological polar surface area (TPSA) is 64.0 Å². The lowest BCUT2D eigenvalue weighted by molar-refractivity contribution is -0.113. The van der Waals surface area contributed by atoms with Gasteiger partial charge in [0.2, 0.25) is 5.91 Å². The Labute approximate surface area is 168 Å². The summed E-state index contributed by atoms with van der Waals surface area (Å²) in [6.45, 7) is 2.39. The van der Waals surface area contributed by atoms with E-state index in [2.05, 4.69) is 10.3 Å². The van der Waals surface area contributed by atoms with Crippen molar-refractivity contribution in [2.24, 2.45) is 0 Å². The number of halogens is 3. The van der Waals surface area contributed by atoms with Gasteiger partial charge in [-0.25, -0.2) is 13.8 Å². The molecule has 1 amide bonds. The largest absolute Gasteiger partial charge is 0.325 e. The van der Waals surface area contributed by atoms with Crippen molar-refractivity contribution < 1.29 is 13.6 Å². The van der Waals surface area contributed by atoms with E-state index in [0.29, 0.717) is 27.6 Å². The Kier molecular flexibility index (Phi) is 6.31. The van der Waals surface area contributed by atoms with E-state index >= 15 is 0 Å². The van der Waals surface area contributed by atoms with Crippen molar-refractivity contribution in [2.45, 2.75) is 25.0 Å². The molecular formula is C19H16ClF2N3O2S. The normalized spacial score (nSPS) is 11.0. The minimum Gasteiger partial charge on any atom is -0.325 e. The van der Waals surface area contributed by atoms with Crippen LogP contribution in [0.4, 0.5) is 14.5 Å². The molecule has 3 rings (SSSR count). The zero-order chi connectivity index (χ0) is 20.3. The lowest BCUT2D eigenvalue weighted by Crippen LogP contribution is -2.24. The maximum Gasteiger partial charge on any atom is 0.262 e. The standard InChI is InChI=1S/C19H16ClF2N3O2S/c1-2-7-25-18(27)13-5-3-11(20)8-16(13)24-19(25)28-10-17(26)23-12-4-6-14(21)15(22)9-12/h3-6,8-9H,2,7,10H2,1H3,(H,23,26). The van der Waals surface area contributed by atoms with E-state index < -0.39 is 17.5 Å². The van der Waals surface area contributed by atoms with E-state index in [4.69, 9.17) is 11.6 Å². The van der Waals surface area contributed by atoms with Crippen LogP contribution in [0.25, 0.3) is 10.9 Å². The number of nitrogens with one attached hydrogen (secondary N) is 1. The Balaban J connectivity index is 1.82. The predicted octanol–water partition coefficient (Wildman–Crippen LogP) is 4.47. The fourth-order valence-electron chi connectivity index (χ4n) is 2.61. The molecule has 3 aromatic rings. The van der Waals surface area contributed by atoms with Crippen LogP contribution in [0.2, 0.25) is 5.02 Å². The first-order chi connectivity index (χ1) is 13.4. The van der Waals surface area contributed by atoms with Crippen LogP contribution in [0.15, 0.2) is 46.3 Å². The van der Waals surface area contributed by atoms with Crippen molar-refractivity contribution >= 4 is 45.9 Å². The summed E-state index contributed by atoms with van der Waals surface area (Å²) in [5, 5.41) is 3.79. The second kappa shape index (κ2) is 8.70. The van der Waals surface area contributed by atoms with Crippen molar-refractivity contribution in [3.63, 3.8) is 0 Å². The number of hydrogen-bond acceptors (Lipinski definition) is 4. The molecule has 0 fully saturated rings. The highest BCUT2D eigenvalue weighted by Crippen LogP contribution is 2.21. The summed E-state index contributed by atoms with van der Waals surface area (Å²) < 4.78 is 27.7. The van der Waals surface area contributed by atoms with Crippen molar-refractivity contribution in [1.29, 1.82) is 0 Å². The van der Waals surface area contributed by atoms with Gasteiger partial charge in [-0.15, -0.1) is 0 Å². The van der Waals surface area contributed by atoms with Gasteiger partial charge in [-0.05, 0) is 36.8 Å². The highest BCUT2D eigenvalue weighted by Gasteiger charge is 2.14. The molecule has 0 spiro atoms. The Morgan fingerprint density at radius 2 is 2.00 bits per heavy atom. The lowest BCUT2D eigenvalue weighted by atomic mass is 10.2. The second-order valence-corrected chi connectivity index (χ2v) is 7.36. The molecule has 2 aromatic carbocycles. The maximum atomic E-state index is 13.3. The van der Waals surface area contributed by atoms with Gasteiger partial charge in [-0.2, -0.15) is 0 Å². The number of thioether (sulfide) groups is 1. The fourth-order valence-corrected chi connectivity index (χ4v) is 3.60. The Bertz CT molecular complexity index is 1100. The van der Waals surface area contributed by atoms with E-state index in [0.717, 1.165) is 30.3 Å². The van der Waals surface area contributed by atoms with Crippen molar-refractivity contribution in [3.8, 4) is 0 Å². The molecule has 0 saturated carbocycles.